The third-order valence-electron chi connectivity index (χ3n) is 4.89. The number of hydrogen-bond donors (Lipinski definition) is 3. The molecule has 0 radical (unpaired) electrons. The van der Waals surface area contributed by atoms with E-state index in [1.165, 1.54) is 0 Å². The standard InChI is InChI=1S/C23H24N6O/c1-2-30-23-26-20-9-5-6-10-21(20)29(23)15-16-11-13-17(14-12-16)18-7-3-4-8-19(18)22(24)27-28-25/h3-14,28H,2,15,25H2,1H3,(H2,24,27). The van der Waals surface area contributed by atoms with Gasteiger partial charge in [0, 0.05) is 5.56 Å². The van der Waals surface area contributed by atoms with E-state index in [1.807, 2.05) is 49.4 Å². The molecular formula is C23H24N6O. The van der Waals surface area contributed by atoms with Crippen molar-refractivity contribution in [1.29, 1.82) is 0 Å². The molecule has 0 aliphatic carbocycles. The molecule has 5 N–H and O–H groups in total. The number of hydrazine groups is 1. The predicted molar refractivity (Wildman–Crippen MR) is 120 cm³/mol. The Hall–Kier alpha value is -3.84. The van der Waals surface area contributed by atoms with Crippen LogP contribution >= 0.6 is 0 Å². The molecule has 30 heavy (non-hydrogen) atoms. The molecular weight excluding hydrogens is 376 g/mol. The van der Waals surface area contributed by atoms with Gasteiger partial charge < -0.3 is 10.5 Å². The molecule has 4 aromatic rings. The van der Waals surface area contributed by atoms with E-state index in [0.29, 0.717) is 25.0 Å². The van der Waals surface area contributed by atoms with Gasteiger partial charge in [-0.15, -0.1) is 5.10 Å². The molecule has 7 heteroatoms. The zero-order valence-electron chi connectivity index (χ0n) is 16.7. The number of aromatic nitrogens is 2. The van der Waals surface area contributed by atoms with E-state index < -0.39 is 0 Å². The predicted octanol–water partition coefficient (Wildman–Crippen LogP) is 3.23. The Morgan fingerprint density at radius 2 is 1.77 bits per heavy atom. The number of nitrogens with two attached hydrogens (primary N) is 2. The quantitative estimate of drug-likeness (QED) is 0.191. The zero-order valence-corrected chi connectivity index (χ0v) is 16.7. The minimum Gasteiger partial charge on any atom is -0.465 e. The van der Waals surface area contributed by atoms with Gasteiger partial charge in [-0.3, -0.25) is 4.57 Å². The van der Waals surface area contributed by atoms with Gasteiger partial charge in [0.15, 0.2) is 5.84 Å². The van der Waals surface area contributed by atoms with Crippen molar-refractivity contribution in [2.45, 2.75) is 13.5 Å². The van der Waals surface area contributed by atoms with Gasteiger partial charge in [-0.25, -0.2) is 11.4 Å². The Bertz CT molecular complexity index is 1180. The molecule has 0 aliphatic rings. The summed E-state index contributed by atoms with van der Waals surface area (Å²) in [5.74, 6) is 5.61. The van der Waals surface area contributed by atoms with Crippen LogP contribution in [0.3, 0.4) is 0 Å². The minimum atomic E-state index is 0.336. The van der Waals surface area contributed by atoms with Crippen LogP contribution in [0.5, 0.6) is 6.01 Å². The van der Waals surface area contributed by atoms with E-state index in [4.69, 9.17) is 16.3 Å². The lowest BCUT2D eigenvalue weighted by molar-refractivity contribution is 0.301. The van der Waals surface area contributed by atoms with Crippen LogP contribution < -0.4 is 21.8 Å². The van der Waals surface area contributed by atoms with Gasteiger partial charge in [0.05, 0.1) is 24.2 Å². The molecule has 0 unspecified atom stereocenters. The van der Waals surface area contributed by atoms with Crippen LogP contribution in [0, 0.1) is 0 Å². The number of hydrazone groups is 1. The van der Waals surface area contributed by atoms with Gasteiger partial charge in [-0.1, -0.05) is 60.7 Å². The fraction of sp³-hybridized carbons (Fsp3) is 0.130. The molecule has 0 spiro atoms. The first-order valence-corrected chi connectivity index (χ1v) is 9.76. The van der Waals surface area contributed by atoms with E-state index in [2.05, 4.69) is 50.5 Å². The number of benzene rings is 3. The summed E-state index contributed by atoms with van der Waals surface area (Å²) in [5, 5.41) is 3.90. The summed E-state index contributed by atoms with van der Waals surface area (Å²) in [6, 6.07) is 24.9. The Kier molecular flexibility index (Phi) is 5.63. The molecule has 3 aromatic carbocycles. The Morgan fingerprint density at radius 1 is 1.03 bits per heavy atom. The Morgan fingerprint density at radius 3 is 2.53 bits per heavy atom. The van der Waals surface area contributed by atoms with E-state index in [9.17, 15) is 0 Å². The second-order valence-corrected chi connectivity index (χ2v) is 6.77. The van der Waals surface area contributed by atoms with Crippen LogP contribution in [0.15, 0.2) is 77.9 Å². The lowest BCUT2D eigenvalue weighted by atomic mass is 9.98. The summed E-state index contributed by atoms with van der Waals surface area (Å²) in [7, 11) is 0. The molecule has 152 valence electrons. The molecule has 4 rings (SSSR count). The molecule has 0 atom stereocenters. The summed E-state index contributed by atoms with van der Waals surface area (Å²) in [6.07, 6.45) is 0. The maximum atomic E-state index is 6.05. The van der Waals surface area contributed by atoms with Crippen LogP contribution in [0.25, 0.3) is 22.2 Å². The van der Waals surface area contributed by atoms with Gasteiger partial charge >= 0.3 is 0 Å². The first-order chi connectivity index (χ1) is 14.7. The van der Waals surface area contributed by atoms with E-state index >= 15 is 0 Å². The van der Waals surface area contributed by atoms with E-state index in [1.54, 1.807) is 0 Å². The highest BCUT2D eigenvalue weighted by molar-refractivity contribution is 6.03. The van der Waals surface area contributed by atoms with Gasteiger partial charge in [0.25, 0.3) is 6.01 Å². The fourth-order valence-corrected chi connectivity index (χ4v) is 3.51. The number of fused-ring (bicyclic) bond motifs is 1. The van der Waals surface area contributed by atoms with Crippen LogP contribution in [-0.2, 0) is 6.54 Å². The lowest BCUT2D eigenvalue weighted by Crippen LogP contribution is -2.23. The van der Waals surface area contributed by atoms with Crippen molar-refractivity contribution < 1.29 is 4.74 Å². The van der Waals surface area contributed by atoms with E-state index in [-0.39, 0.29) is 0 Å². The van der Waals surface area contributed by atoms with Crippen LogP contribution in [0.1, 0.15) is 18.1 Å². The number of para-hydroxylation sites is 2. The largest absolute Gasteiger partial charge is 0.465 e. The Balaban J connectivity index is 1.66. The third-order valence-corrected chi connectivity index (χ3v) is 4.89. The van der Waals surface area contributed by atoms with Gasteiger partial charge in [0.1, 0.15) is 0 Å². The highest BCUT2D eigenvalue weighted by atomic mass is 16.5. The highest BCUT2D eigenvalue weighted by Gasteiger charge is 2.12. The number of hydrogen-bond acceptors (Lipinski definition) is 5. The van der Waals surface area contributed by atoms with E-state index in [0.717, 1.165) is 33.3 Å². The molecule has 0 fully saturated rings. The van der Waals surface area contributed by atoms with Crippen molar-refractivity contribution >= 4 is 16.9 Å². The normalized spacial score (nSPS) is 11.6. The number of nitrogens with zero attached hydrogens (tertiary/aromatic N) is 3. The summed E-state index contributed by atoms with van der Waals surface area (Å²) in [6.45, 7) is 3.20. The summed E-state index contributed by atoms with van der Waals surface area (Å²) in [4.78, 5) is 4.61. The molecule has 0 amide bonds. The van der Waals surface area contributed by atoms with Crippen molar-refractivity contribution in [3.8, 4) is 17.1 Å². The number of amidine groups is 1. The first kappa shape index (κ1) is 19.5. The summed E-state index contributed by atoms with van der Waals surface area (Å²) in [5.41, 5.74) is 14.3. The molecule has 0 saturated heterocycles. The average Bonchev–Trinajstić information content (AvgIpc) is 3.12. The third kappa shape index (κ3) is 3.83. The van der Waals surface area contributed by atoms with Crippen molar-refractivity contribution in [2.75, 3.05) is 6.61 Å². The average molecular weight is 400 g/mol. The van der Waals surface area contributed by atoms with Crippen molar-refractivity contribution in [1.82, 2.24) is 15.1 Å². The molecule has 7 nitrogen and oxygen atoms in total. The second kappa shape index (κ2) is 8.67. The lowest BCUT2D eigenvalue weighted by Gasteiger charge is -2.12. The fourth-order valence-electron chi connectivity index (χ4n) is 3.51. The number of ether oxygens (including phenoxy) is 1. The number of rotatable bonds is 7. The van der Waals surface area contributed by atoms with Crippen molar-refractivity contribution in [3.05, 3.63) is 83.9 Å². The molecule has 0 saturated carbocycles. The summed E-state index contributed by atoms with van der Waals surface area (Å²) >= 11 is 0. The maximum absolute atomic E-state index is 6.05. The number of nitrogens with one attached hydrogen (secondary N) is 1. The van der Waals surface area contributed by atoms with Gasteiger partial charge in [-0.2, -0.15) is 4.98 Å². The zero-order chi connectivity index (χ0) is 20.9. The monoisotopic (exact) mass is 400 g/mol. The number of imidazole rings is 1. The minimum absolute atomic E-state index is 0.336. The van der Waals surface area contributed by atoms with Crippen LogP contribution in [0.4, 0.5) is 0 Å². The SMILES string of the molecule is CCOc1nc2ccccc2n1Cc1ccc(-c2ccccc2/C(N)=N/NN)cc1. The second-order valence-electron chi connectivity index (χ2n) is 6.77. The topological polar surface area (TPSA) is 103 Å². The van der Waals surface area contributed by atoms with Crippen LogP contribution in [0.2, 0.25) is 0 Å². The van der Waals surface area contributed by atoms with Crippen molar-refractivity contribution in [3.63, 3.8) is 0 Å². The summed E-state index contributed by atoms with van der Waals surface area (Å²) < 4.78 is 7.86. The molecule has 0 bridgehead atoms. The van der Waals surface area contributed by atoms with Crippen molar-refractivity contribution in [2.24, 2.45) is 16.7 Å². The smallest absolute Gasteiger partial charge is 0.297 e. The van der Waals surface area contributed by atoms with Crippen LogP contribution in [-0.4, -0.2) is 22.0 Å². The molecule has 1 aromatic heterocycles. The molecule has 0 aliphatic heterocycles. The first-order valence-electron chi connectivity index (χ1n) is 9.76. The Labute approximate surface area is 175 Å². The van der Waals surface area contributed by atoms with Gasteiger partial charge in [-0.05, 0) is 35.7 Å². The molecule has 1 heterocycles. The maximum Gasteiger partial charge on any atom is 0.297 e. The van der Waals surface area contributed by atoms with Gasteiger partial charge in [0.2, 0.25) is 0 Å². The highest BCUT2D eigenvalue weighted by Crippen LogP contribution is 2.26.